The summed E-state index contributed by atoms with van der Waals surface area (Å²) in [4.78, 5) is 12.0. The third kappa shape index (κ3) is 5.69. The Hall–Kier alpha value is -2.08. The van der Waals surface area contributed by atoms with Gasteiger partial charge < -0.3 is 33.5 Å². The highest BCUT2D eigenvalue weighted by Crippen LogP contribution is 2.52. The van der Waals surface area contributed by atoms with Crippen molar-refractivity contribution in [3.8, 4) is 28.4 Å². The Morgan fingerprint density at radius 3 is 2.59 bits per heavy atom. The fraction of sp³-hybridized carbons (Fsp3) is 0.536. The van der Waals surface area contributed by atoms with Gasteiger partial charge in [-0.05, 0) is 84.5 Å². The molecule has 0 aromatic heterocycles. The van der Waals surface area contributed by atoms with Crippen LogP contribution in [0, 0.1) is 5.41 Å². The van der Waals surface area contributed by atoms with Crippen molar-refractivity contribution in [3.05, 3.63) is 41.5 Å². The van der Waals surface area contributed by atoms with E-state index in [9.17, 15) is 9.90 Å². The molecule has 8 nitrogen and oxygen atoms in total. The lowest BCUT2D eigenvalue weighted by molar-refractivity contribution is -0.194. The van der Waals surface area contributed by atoms with E-state index in [0.717, 1.165) is 48.8 Å². The van der Waals surface area contributed by atoms with Crippen LogP contribution in [0.15, 0.2) is 30.3 Å². The van der Waals surface area contributed by atoms with Gasteiger partial charge in [-0.2, -0.15) is 0 Å². The van der Waals surface area contributed by atoms with Crippen LogP contribution >= 0.6 is 22.6 Å². The molecule has 2 heterocycles. The lowest BCUT2D eigenvalue weighted by atomic mass is 9.99. The number of carbonyl (C=O) groups excluding carboxylic acids is 1. The molecular formula is C28H33IO8. The summed E-state index contributed by atoms with van der Waals surface area (Å²) in [6, 6.07) is 9.45. The number of hydrogen-bond donors (Lipinski definition) is 1. The van der Waals surface area contributed by atoms with E-state index in [0.29, 0.717) is 36.0 Å². The molecule has 1 N–H and O–H groups in total. The highest BCUT2D eigenvalue weighted by Gasteiger charge is 2.52. The van der Waals surface area contributed by atoms with E-state index < -0.39 is 11.7 Å². The van der Waals surface area contributed by atoms with Crippen molar-refractivity contribution in [2.24, 2.45) is 5.41 Å². The Bertz CT molecular complexity index is 1130. The molecular weight excluding hydrogens is 591 g/mol. The van der Waals surface area contributed by atoms with Crippen LogP contribution in [0.3, 0.4) is 0 Å². The molecule has 9 heteroatoms. The minimum atomic E-state index is -0.911. The van der Waals surface area contributed by atoms with Crippen LogP contribution in [0.4, 0.5) is 0 Å². The maximum Gasteiger partial charge on any atom is 0.338 e. The first-order valence-corrected chi connectivity index (χ1v) is 14.0. The number of cyclic esters (lactones) is 1. The molecule has 1 saturated carbocycles. The maximum absolute atomic E-state index is 12.0. The number of aliphatic hydroxyl groups is 1. The number of benzene rings is 2. The SMILES string of the molecule is CCC(I)Oc1ccc(-c2ccc3c(c2)COC3=O)c(OCC2(C(O)OC3CCOCC3)CC2)c1OC. The largest absolute Gasteiger partial charge is 0.490 e. The molecule has 2 fully saturated rings. The van der Waals surface area contributed by atoms with Gasteiger partial charge in [0.15, 0.2) is 17.8 Å². The van der Waals surface area contributed by atoms with Crippen molar-refractivity contribution in [3.63, 3.8) is 0 Å². The average Bonchev–Trinajstić information content (AvgIpc) is 3.63. The smallest absolute Gasteiger partial charge is 0.338 e. The van der Waals surface area contributed by atoms with Gasteiger partial charge in [-0.3, -0.25) is 0 Å². The Labute approximate surface area is 230 Å². The number of carbonyl (C=O) groups is 1. The molecule has 200 valence electrons. The van der Waals surface area contributed by atoms with Crippen molar-refractivity contribution in [2.45, 2.75) is 62.1 Å². The standard InChI is InChI=1S/C28H33IO8/c1-3-23(29)37-22-7-6-20(17-4-5-21-18(14-17)15-34-26(21)30)24(25(22)32-2)35-16-28(10-11-28)27(31)36-19-8-12-33-13-9-19/h4-7,14,19,23,27,31H,3,8-13,15-16H2,1-2H3. The summed E-state index contributed by atoms with van der Waals surface area (Å²) in [6.45, 7) is 3.89. The lowest BCUT2D eigenvalue weighted by Gasteiger charge is -2.30. The van der Waals surface area contributed by atoms with Crippen LogP contribution in [-0.2, 0) is 20.8 Å². The Kier molecular flexibility index (Phi) is 8.13. The van der Waals surface area contributed by atoms with Gasteiger partial charge in [-0.25, -0.2) is 4.79 Å². The predicted molar refractivity (Wildman–Crippen MR) is 144 cm³/mol. The van der Waals surface area contributed by atoms with Crippen molar-refractivity contribution < 1.29 is 38.3 Å². The highest BCUT2D eigenvalue weighted by atomic mass is 127. The summed E-state index contributed by atoms with van der Waals surface area (Å²) in [5.74, 6) is 1.32. The molecule has 2 aromatic carbocycles. The topological polar surface area (TPSA) is 92.7 Å². The zero-order valence-corrected chi connectivity index (χ0v) is 23.3. The van der Waals surface area contributed by atoms with E-state index in [4.69, 9.17) is 28.4 Å². The second kappa shape index (κ2) is 11.3. The Balaban J connectivity index is 1.43. The molecule has 2 aliphatic heterocycles. The number of ether oxygens (including phenoxy) is 6. The summed E-state index contributed by atoms with van der Waals surface area (Å²) < 4.78 is 35.0. The lowest BCUT2D eigenvalue weighted by Crippen LogP contribution is -2.36. The van der Waals surface area contributed by atoms with Gasteiger partial charge in [0.25, 0.3) is 0 Å². The second-order valence-corrected chi connectivity index (χ2v) is 11.2. The number of fused-ring (bicyclic) bond motifs is 1. The molecule has 0 spiro atoms. The molecule has 3 aliphatic rings. The van der Waals surface area contributed by atoms with Gasteiger partial charge in [0, 0.05) is 24.3 Å². The molecule has 5 rings (SSSR count). The van der Waals surface area contributed by atoms with Crippen LogP contribution in [-0.4, -0.2) is 54.5 Å². The van der Waals surface area contributed by atoms with E-state index in [1.165, 1.54) is 0 Å². The van der Waals surface area contributed by atoms with Crippen molar-refractivity contribution in [1.82, 2.24) is 0 Å². The van der Waals surface area contributed by atoms with Gasteiger partial charge in [0.05, 0.1) is 30.8 Å². The summed E-state index contributed by atoms with van der Waals surface area (Å²) in [7, 11) is 1.60. The number of hydrogen-bond acceptors (Lipinski definition) is 8. The van der Waals surface area contributed by atoms with E-state index in [1.807, 2.05) is 24.3 Å². The molecule has 37 heavy (non-hydrogen) atoms. The summed E-state index contributed by atoms with van der Waals surface area (Å²) in [5.41, 5.74) is 2.64. The minimum absolute atomic E-state index is 0.00553. The summed E-state index contributed by atoms with van der Waals surface area (Å²) >= 11 is 2.25. The van der Waals surface area contributed by atoms with Gasteiger partial charge in [0.2, 0.25) is 5.75 Å². The molecule has 1 saturated heterocycles. The predicted octanol–water partition coefficient (Wildman–Crippen LogP) is 5.26. The monoisotopic (exact) mass is 624 g/mol. The van der Waals surface area contributed by atoms with Gasteiger partial charge in [-0.1, -0.05) is 13.0 Å². The number of alkyl halides is 1. The van der Waals surface area contributed by atoms with E-state index in [-0.39, 0.29) is 29.4 Å². The van der Waals surface area contributed by atoms with Gasteiger partial charge >= 0.3 is 5.97 Å². The van der Waals surface area contributed by atoms with E-state index in [2.05, 4.69) is 29.5 Å². The first-order chi connectivity index (χ1) is 17.9. The van der Waals surface area contributed by atoms with Crippen LogP contribution in [0.1, 0.15) is 54.9 Å². The zero-order valence-electron chi connectivity index (χ0n) is 21.2. The summed E-state index contributed by atoms with van der Waals surface area (Å²) in [6.07, 6.45) is 3.11. The van der Waals surface area contributed by atoms with E-state index in [1.54, 1.807) is 13.2 Å². The van der Waals surface area contributed by atoms with Crippen LogP contribution in [0.5, 0.6) is 17.2 Å². The first kappa shape index (κ1) is 26.5. The molecule has 2 atom stereocenters. The number of aliphatic hydroxyl groups excluding tert-OH is 1. The van der Waals surface area contributed by atoms with Gasteiger partial charge in [-0.15, -0.1) is 0 Å². The third-order valence-corrected chi connectivity index (χ3v) is 8.40. The number of esters is 1. The molecule has 2 unspecified atom stereocenters. The Morgan fingerprint density at radius 2 is 1.89 bits per heavy atom. The number of rotatable bonds is 11. The molecule has 2 aromatic rings. The fourth-order valence-corrected chi connectivity index (χ4v) is 4.97. The summed E-state index contributed by atoms with van der Waals surface area (Å²) in [5, 5.41) is 11.0. The first-order valence-electron chi connectivity index (χ1n) is 12.8. The molecule has 0 amide bonds. The molecule has 0 bridgehead atoms. The van der Waals surface area contributed by atoms with Crippen LogP contribution < -0.4 is 14.2 Å². The van der Waals surface area contributed by atoms with Crippen molar-refractivity contribution >= 4 is 28.6 Å². The molecule has 0 radical (unpaired) electrons. The number of methoxy groups -OCH3 is 1. The van der Waals surface area contributed by atoms with Gasteiger partial charge in [0.1, 0.15) is 10.7 Å². The van der Waals surface area contributed by atoms with Crippen LogP contribution in [0.2, 0.25) is 0 Å². The zero-order chi connectivity index (χ0) is 26.0. The quantitative estimate of drug-likeness (QED) is 0.157. The van der Waals surface area contributed by atoms with E-state index >= 15 is 0 Å². The third-order valence-electron chi connectivity index (χ3n) is 7.26. The van der Waals surface area contributed by atoms with Crippen molar-refractivity contribution in [2.75, 3.05) is 26.9 Å². The second-order valence-electron chi connectivity index (χ2n) is 9.81. The normalized spacial score (nSPS) is 20.1. The van der Waals surface area contributed by atoms with Crippen LogP contribution in [0.25, 0.3) is 11.1 Å². The van der Waals surface area contributed by atoms with Crippen molar-refractivity contribution in [1.29, 1.82) is 0 Å². The highest BCUT2D eigenvalue weighted by molar-refractivity contribution is 14.1. The average molecular weight is 624 g/mol. The minimum Gasteiger partial charge on any atom is -0.490 e. The Morgan fingerprint density at radius 1 is 1.14 bits per heavy atom. The number of halogens is 1. The maximum atomic E-state index is 12.0. The molecule has 1 aliphatic carbocycles. The fourth-order valence-electron chi connectivity index (χ4n) is 4.70.